The zero-order valence-corrected chi connectivity index (χ0v) is 12.5. The second kappa shape index (κ2) is 12.0. The molecule has 1 aromatic rings. The van der Waals surface area contributed by atoms with Crippen LogP contribution in [0.4, 0.5) is 0 Å². The summed E-state index contributed by atoms with van der Waals surface area (Å²) in [4.78, 5) is 0. The molecule has 0 radical (unpaired) electrons. The molecule has 1 aromatic carbocycles. The van der Waals surface area contributed by atoms with Crippen LogP contribution in [0.25, 0.3) is 0 Å². The van der Waals surface area contributed by atoms with Crippen LogP contribution in [0.3, 0.4) is 0 Å². The molecule has 0 aromatic heterocycles. The van der Waals surface area contributed by atoms with Crippen LogP contribution in [0.15, 0.2) is 24.8 Å². The second-order valence-electron chi connectivity index (χ2n) is 3.25. The van der Waals surface area contributed by atoms with Crippen LogP contribution in [-0.2, 0) is 0 Å². The summed E-state index contributed by atoms with van der Waals surface area (Å²) in [5.74, 6) is 0.633. The summed E-state index contributed by atoms with van der Waals surface area (Å²) in [5, 5.41) is 1.12. The summed E-state index contributed by atoms with van der Waals surface area (Å²) >= 11 is 11.7. The Hall–Kier alpha value is -0.0626. The zero-order chi connectivity index (χ0) is 13.3. The summed E-state index contributed by atoms with van der Waals surface area (Å²) < 4.78 is 5.58. The second-order valence-corrected chi connectivity index (χ2v) is 4.09. The van der Waals surface area contributed by atoms with Gasteiger partial charge in [-0.15, -0.1) is 12.8 Å². The molecule has 0 N–H and O–H groups in total. The van der Waals surface area contributed by atoms with Gasteiger partial charge in [-0.2, -0.15) is 6.92 Å². The minimum atomic E-state index is 0. The third-order valence-corrected chi connectivity index (χ3v) is 2.36. The SMILES string of the molecule is C=[C-]C.[CH2-]CC(C[CH2-])Oc1ccc(Cl)cc1Cl.[Li+]. The van der Waals surface area contributed by atoms with Crippen LogP contribution in [0.5, 0.6) is 5.75 Å². The Kier molecular flexibility index (Phi) is 13.5. The number of hydrogen-bond acceptors (Lipinski definition) is 1. The maximum absolute atomic E-state index is 5.94. The summed E-state index contributed by atoms with van der Waals surface area (Å²) in [5.41, 5.74) is 0. The van der Waals surface area contributed by atoms with Crippen molar-refractivity contribution in [1.29, 1.82) is 0 Å². The first-order chi connectivity index (χ1) is 8.08. The van der Waals surface area contributed by atoms with Crippen LogP contribution in [0.1, 0.15) is 19.8 Å². The molecule has 0 bridgehead atoms. The average Bonchev–Trinajstić information content (AvgIpc) is 2.29. The molecule has 1 nitrogen and oxygen atoms in total. The minimum absolute atomic E-state index is 0. The van der Waals surface area contributed by atoms with Gasteiger partial charge in [0.1, 0.15) is 5.75 Å². The number of benzene rings is 1. The first-order valence-electron chi connectivity index (χ1n) is 5.23. The molecule has 0 saturated heterocycles. The van der Waals surface area contributed by atoms with Gasteiger partial charge in [0.2, 0.25) is 0 Å². The van der Waals surface area contributed by atoms with Crippen LogP contribution in [-0.4, -0.2) is 6.10 Å². The molecule has 0 unspecified atom stereocenters. The largest absolute Gasteiger partial charge is 1.00 e. The van der Waals surface area contributed by atoms with E-state index in [9.17, 15) is 0 Å². The number of halogens is 2. The van der Waals surface area contributed by atoms with E-state index in [1.165, 1.54) is 0 Å². The topological polar surface area (TPSA) is 9.23 Å². The molecular weight excluding hydrogens is 262 g/mol. The van der Waals surface area contributed by atoms with Crippen molar-refractivity contribution in [2.75, 3.05) is 0 Å². The van der Waals surface area contributed by atoms with Crippen molar-refractivity contribution in [3.63, 3.8) is 0 Å². The summed E-state index contributed by atoms with van der Waals surface area (Å²) in [6.45, 7) is 12.5. The zero-order valence-electron chi connectivity index (χ0n) is 11.0. The molecular formula is C14H17Cl2LiO-2. The van der Waals surface area contributed by atoms with Gasteiger partial charge in [-0.1, -0.05) is 23.2 Å². The normalized spacial score (nSPS) is 9.00. The molecule has 0 heterocycles. The number of allylic oxidation sites excluding steroid dienone is 1. The predicted molar refractivity (Wildman–Crippen MR) is 75.4 cm³/mol. The van der Waals surface area contributed by atoms with E-state index in [0.29, 0.717) is 28.6 Å². The van der Waals surface area contributed by atoms with E-state index >= 15 is 0 Å². The molecule has 96 valence electrons. The predicted octanol–water partition coefficient (Wildman–Crippen LogP) is 2.19. The van der Waals surface area contributed by atoms with E-state index in [1.807, 2.05) is 0 Å². The monoisotopic (exact) mass is 278 g/mol. The summed E-state index contributed by atoms with van der Waals surface area (Å²) in [6.07, 6.45) is 3.85. The third-order valence-electron chi connectivity index (χ3n) is 1.83. The molecule has 0 aliphatic heterocycles. The Labute approximate surface area is 133 Å². The van der Waals surface area contributed by atoms with Gasteiger partial charge in [-0.3, -0.25) is 6.58 Å². The molecule has 1 rings (SSSR count). The molecule has 18 heavy (non-hydrogen) atoms. The van der Waals surface area contributed by atoms with Crippen molar-refractivity contribution in [2.45, 2.75) is 25.9 Å². The average molecular weight is 279 g/mol. The molecule has 0 spiro atoms. The van der Waals surface area contributed by atoms with Crippen molar-refractivity contribution in [2.24, 2.45) is 0 Å². The summed E-state index contributed by atoms with van der Waals surface area (Å²) in [7, 11) is 0. The Balaban J connectivity index is 0. The van der Waals surface area contributed by atoms with Gasteiger partial charge >= 0.3 is 18.9 Å². The first kappa shape index (κ1) is 20.3. The third kappa shape index (κ3) is 8.11. The molecule has 0 amide bonds. The number of rotatable bonds is 4. The summed E-state index contributed by atoms with van der Waals surface area (Å²) in [6, 6.07) is 5.15. The number of hydrogen-bond donors (Lipinski definition) is 0. The Morgan fingerprint density at radius 3 is 2.22 bits per heavy atom. The van der Waals surface area contributed by atoms with Crippen LogP contribution in [0, 0.1) is 19.9 Å². The Morgan fingerprint density at radius 2 is 1.83 bits per heavy atom. The van der Waals surface area contributed by atoms with Crippen LogP contribution < -0.4 is 23.6 Å². The minimum Gasteiger partial charge on any atom is -0.507 e. The fourth-order valence-corrected chi connectivity index (χ4v) is 1.47. The maximum Gasteiger partial charge on any atom is 1.00 e. The van der Waals surface area contributed by atoms with Crippen molar-refractivity contribution in [1.82, 2.24) is 0 Å². The van der Waals surface area contributed by atoms with Gasteiger partial charge in [0, 0.05) is 11.1 Å². The van der Waals surface area contributed by atoms with E-state index in [2.05, 4.69) is 26.5 Å². The van der Waals surface area contributed by atoms with E-state index in [4.69, 9.17) is 27.9 Å². The molecule has 0 aliphatic rings. The van der Waals surface area contributed by atoms with Gasteiger partial charge in [0.15, 0.2) is 0 Å². The molecule has 0 saturated carbocycles. The van der Waals surface area contributed by atoms with E-state index in [1.54, 1.807) is 25.1 Å². The molecule has 4 heteroatoms. The van der Waals surface area contributed by atoms with Gasteiger partial charge in [-0.05, 0) is 18.2 Å². The fraction of sp³-hybridized carbons (Fsp3) is 0.286. The smallest absolute Gasteiger partial charge is 0.507 e. The van der Waals surface area contributed by atoms with Gasteiger partial charge < -0.3 is 24.7 Å². The Bertz CT molecular complexity index is 339. The standard InChI is InChI=1S/C11H12Cl2O.C3H5.Li/c1-3-9(4-2)14-11-6-5-8(12)7-10(11)13;1-3-2;/h5-7,9H,1-4H2;1H2,2H3;/q-2;-1;+1. The molecule has 0 fully saturated rings. The quantitative estimate of drug-likeness (QED) is 0.606. The van der Waals surface area contributed by atoms with Crippen molar-refractivity contribution in [3.8, 4) is 5.75 Å². The van der Waals surface area contributed by atoms with E-state index < -0.39 is 0 Å². The van der Waals surface area contributed by atoms with Gasteiger partial charge in [0.05, 0.1) is 5.02 Å². The van der Waals surface area contributed by atoms with Gasteiger partial charge in [-0.25, -0.2) is 0 Å². The van der Waals surface area contributed by atoms with Crippen molar-refractivity contribution < 1.29 is 23.6 Å². The van der Waals surface area contributed by atoms with E-state index in [-0.39, 0.29) is 25.0 Å². The van der Waals surface area contributed by atoms with Gasteiger partial charge in [0.25, 0.3) is 0 Å². The van der Waals surface area contributed by atoms with Crippen LogP contribution in [0.2, 0.25) is 10.0 Å². The molecule has 0 atom stereocenters. The maximum atomic E-state index is 5.94. The van der Waals surface area contributed by atoms with E-state index in [0.717, 1.165) is 0 Å². The first-order valence-corrected chi connectivity index (χ1v) is 5.98. The fourth-order valence-electron chi connectivity index (χ4n) is 1.01. The van der Waals surface area contributed by atoms with Crippen LogP contribution >= 0.6 is 23.2 Å². The van der Waals surface area contributed by atoms with Crippen molar-refractivity contribution in [3.05, 3.63) is 54.7 Å². The Morgan fingerprint density at radius 1 is 1.33 bits per heavy atom. The van der Waals surface area contributed by atoms with Crippen molar-refractivity contribution >= 4 is 23.2 Å². The number of ether oxygens (including phenoxy) is 1. The molecule has 0 aliphatic carbocycles.